The number of carbonyl (C=O) groups excluding carboxylic acids is 1. The second-order valence-electron chi connectivity index (χ2n) is 6.74. The molecule has 5 heteroatoms. The van der Waals surface area contributed by atoms with Gasteiger partial charge in [0, 0.05) is 28.7 Å². The predicted octanol–water partition coefficient (Wildman–Crippen LogP) is 3.10. The first-order chi connectivity index (χ1) is 11.1. The van der Waals surface area contributed by atoms with Gasteiger partial charge in [0.25, 0.3) is 0 Å². The Morgan fingerprint density at radius 2 is 1.91 bits per heavy atom. The molecular weight excluding hydrogens is 292 g/mol. The number of carboxylic acids is 1. The van der Waals surface area contributed by atoms with Crippen LogP contribution >= 0.6 is 0 Å². The molecule has 2 aromatic rings. The molecule has 2 aliphatic carbocycles. The third-order valence-electron chi connectivity index (χ3n) is 5.30. The van der Waals surface area contributed by atoms with Crippen LogP contribution in [0.4, 0.5) is 5.69 Å². The van der Waals surface area contributed by atoms with Gasteiger partial charge in [0.15, 0.2) is 0 Å². The van der Waals surface area contributed by atoms with E-state index in [0.29, 0.717) is 11.8 Å². The van der Waals surface area contributed by atoms with Crippen LogP contribution in [0, 0.1) is 17.8 Å². The van der Waals surface area contributed by atoms with Crippen molar-refractivity contribution in [2.75, 3.05) is 5.32 Å². The van der Waals surface area contributed by atoms with Crippen LogP contribution in [-0.4, -0.2) is 21.6 Å². The maximum atomic E-state index is 12.4. The molecule has 2 atom stereocenters. The van der Waals surface area contributed by atoms with Gasteiger partial charge in [-0.3, -0.25) is 9.59 Å². The molecule has 1 heterocycles. The average molecular weight is 312 g/mol. The Kier molecular flexibility index (Phi) is 3.36. The zero-order valence-corrected chi connectivity index (χ0v) is 12.9. The van der Waals surface area contributed by atoms with Crippen molar-refractivity contribution in [1.82, 2.24) is 4.57 Å². The number of carbonyl (C=O) groups is 2. The summed E-state index contributed by atoms with van der Waals surface area (Å²) in [5, 5.41) is 12.9. The third-order valence-corrected chi connectivity index (χ3v) is 5.30. The largest absolute Gasteiger partial charge is 0.480 e. The molecule has 2 fully saturated rings. The molecule has 1 aromatic heterocycles. The zero-order valence-electron chi connectivity index (χ0n) is 12.9. The normalized spacial score (nSPS) is 25.8. The molecule has 1 amide bonds. The summed E-state index contributed by atoms with van der Waals surface area (Å²) >= 11 is 0. The Morgan fingerprint density at radius 1 is 1.17 bits per heavy atom. The van der Waals surface area contributed by atoms with Crippen LogP contribution in [0.3, 0.4) is 0 Å². The highest BCUT2D eigenvalue weighted by molar-refractivity contribution is 5.97. The van der Waals surface area contributed by atoms with Crippen LogP contribution in [0.5, 0.6) is 0 Å². The van der Waals surface area contributed by atoms with Crippen molar-refractivity contribution in [3.63, 3.8) is 0 Å². The summed E-state index contributed by atoms with van der Waals surface area (Å²) in [5.41, 5.74) is 1.66. The van der Waals surface area contributed by atoms with E-state index in [1.807, 2.05) is 24.3 Å². The first-order valence-corrected chi connectivity index (χ1v) is 8.25. The molecule has 2 saturated carbocycles. The average Bonchev–Trinajstić information content (AvgIpc) is 3.14. The SMILES string of the molecule is O=C(O)Cn1ccc2cc(NC(=O)C3C4CCCCC43)ccc21. The smallest absolute Gasteiger partial charge is 0.323 e. The van der Waals surface area contributed by atoms with Gasteiger partial charge in [-0.2, -0.15) is 0 Å². The van der Waals surface area contributed by atoms with Gasteiger partial charge < -0.3 is 15.0 Å². The molecule has 2 aliphatic rings. The summed E-state index contributed by atoms with van der Waals surface area (Å²) in [6.07, 6.45) is 6.67. The van der Waals surface area contributed by atoms with Gasteiger partial charge in [0.1, 0.15) is 6.54 Å². The summed E-state index contributed by atoms with van der Waals surface area (Å²) < 4.78 is 1.69. The summed E-state index contributed by atoms with van der Waals surface area (Å²) in [6, 6.07) is 7.51. The lowest BCUT2D eigenvalue weighted by Crippen LogP contribution is -2.15. The number of hydrogen-bond donors (Lipinski definition) is 2. The fourth-order valence-electron chi connectivity index (χ4n) is 4.17. The number of nitrogens with one attached hydrogen (secondary N) is 1. The quantitative estimate of drug-likeness (QED) is 0.911. The fourth-order valence-corrected chi connectivity index (χ4v) is 4.17. The number of nitrogens with zero attached hydrogens (tertiary/aromatic N) is 1. The van der Waals surface area contributed by atoms with E-state index in [4.69, 9.17) is 5.11 Å². The predicted molar refractivity (Wildman–Crippen MR) is 87.1 cm³/mol. The summed E-state index contributed by atoms with van der Waals surface area (Å²) in [5.74, 6) is 0.681. The number of aromatic nitrogens is 1. The van der Waals surface area contributed by atoms with E-state index >= 15 is 0 Å². The molecule has 5 nitrogen and oxygen atoms in total. The van der Waals surface area contributed by atoms with Crippen LogP contribution in [0.25, 0.3) is 10.9 Å². The Hall–Kier alpha value is -2.30. The van der Waals surface area contributed by atoms with Crippen molar-refractivity contribution in [3.8, 4) is 0 Å². The van der Waals surface area contributed by atoms with E-state index in [1.54, 1.807) is 10.8 Å². The Bertz CT molecular complexity index is 768. The lowest BCUT2D eigenvalue weighted by molar-refractivity contribution is -0.137. The molecule has 120 valence electrons. The van der Waals surface area contributed by atoms with Gasteiger partial charge in [0.05, 0.1) is 0 Å². The number of benzene rings is 1. The number of rotatable bonds is 4. The zero-order chi connectivity index (χ0) is 16.0. The van der Waals surface area contributed by atoms with E-state index in [0.717, 1.165) is 16.6 Å². The summed E-state index contributed by atoms with van der Waals surface area (Å²) in [6.45, 7) is -0.0549. The van der Waals surface area contributed by atoms with Gasteiger partial charge in [-0.1, -0.05) is 12.8 Å². The number of carboxylic acid groups (broad SMARTS) is 1. The van der Waals surface area contributed by atoms with Gasteiger partial charge in [0.2, 0.25) is 5.91 Å². The minimum absolute atomic E-state index is 0.0549. The highest BCUT2D eigenvalue weighted by Crippen LogP contribution is 2.55. The van der Waals surface area contributed by atoms with E-state index in [1.165, 1.54) is 25.7 Å². The molecular formula is C18H20N2O3. The number of anilines is 1. The molecule has 2 N–H and O–H groups in total. The standard InChI is InChI=1S/C18H20N2O3/c21-16(22)10-20-8-7-11-9-12(5-6-15(11)20)19-18(23)17-13-3-1-2-4-14(13)17/h5-9,13-14,17H,1-4,10H2,(H,19,23)(H,21,22). The maximum absolute atomic E-state index is 12.4. The molecule has 0 radical (unpaired) electrons. The maximum Gasteiger partial charge on any atom is 0.323 e. The van der Waals surface area contributed by atoms with Crippen molar-refractivity contribution in [2.24, 2.45) is 17.8 Å². The van der Waals surface area contributed by atoms with E-state index in [-0.39, 0.29) is 18.4 Å². The minimum Gasteiger partial charge on any atom is -0.480 e. The summed E-state index contributed by atoms with van der Waals surface area (Å²) in [7, 11) is 0. The van der Waals surface area contributed by atoms with Gasteiger partial charge in [-0.05, 0) is 48.9 Å². The Labute approximate surface area is 134 Å². The second kappa shape index (κ2) is 5.41. The van der Waals surface area contributed by atoms with Crippen LogP contribution in [-0.2, 0) is 16.1 Å². The van der Waals surface area contributed by atoms with Crippen LogP contribution < -0.4 is 5.32 Å². The molecule has 0 bridgehead atoms. The van der Waals surface area contributed by atoms with Crippen LogP contribution in [0.2, 0.25) is 0 Å². The van der Waals surface area contributed by atoms with Crippen LogP contribution in [0.15, 0.2) is 30.5 Å². The van der Waals surface area contributed by atoms with Crippen molar-refractivity contribution in [3.05, 3.63) is 30.5 Å². The number of fused-ring (bicyclic) bond motifs is 2. The van der Waals surface area contributed by atoms with Crippen molar-refractivity contribution in [2.45, 2.75) is 32.2 Å². The highest BCUT2D eigenvalue weighted by Gasteiger charge is 2.54. The van der Waals surface area contributed by atoms with E-state index < -0.39 is 5.97 Å². The van der Waals surface area contributed by atoms with Crippen molar-refractivity contribution in [1.29, 1.82) is 0 Å². The van der Waals surface area contributed by atoms with Gasteiger partial charge in [-0.25, -0.2) is 0 Å². The number of hydrogen-bond acceptors (Lipinski definition) is 2. The van der Waals surface area contributed by atoms with Crippen LogP contribution in [0.1, 0.15) is 25.7 Å². The van der Waals surface area contributed by atoms with Crippen molar-refractivity contribution < 1.29 is 14.7 Å². The molecule has 0 aliphatic heterocycles. The lowest BCUT2D eigenvalue weighted by atomic mass is 10.0. The fraction of sp³-hybridized carbons (Fsp3) is 0.444. The molecule has 2 unspecified atom stereocenters. The molecule has 23 heavy (non-hydrogen) atoms. The number of amides is 1. The van der Waals surface area contributed by atoms with Crippen molar-refractivity contribution >= 4 is 28.5 Å². The van der Waals surface area contributed by atoms with E-state index in [2.05, 4.69) is 5.32 Å². The van der Waals surface area contributed by atoms with E-state index in [9.17, 15) is 9.59 Å². The highest BCUT2D eigenvalue weighted by atomic mass is 16.4. The molecule has 0 spiro atoms. The van der Waals surface area contributed by atoms with Gasteiger partial charge >= 0.3 is 5.97 Å². The lowest BCUT2D eigenvalue weighted by Gasteiger charge is -2.06. The molecule has 1 aromatic carbocycles. The molecule has 0 saturated heterocycles. The molecule has 4 rings (SSSR count). The minimum atomic E-state index is -0.865. The Balaban J connectivity index is 1.49. The summed E-state index contributed by atoms with van der Waals surface area (Å²) in [4.78, 5) is 23.3. The monoisotopic (exact) mass is 312 g/mol. The topological polar surface area (TPSA) is 71.3 Å². The number of aliphatic carboxylic acids is 1. The third kappa shape index (κ3) is 2.60. The Morgan fingerprint density at radius 3 is 2.61 bits per heavy atom. The second-order valence-corrected chi connectivity index (χ2v) is 6.74. The first kappa shape index (κ1) is 14.3. The first-order valence-electron chi connectivity index (χ1n) is 8.25. The van der Waals surface area contributed by atoms with Gasteiger partial charge in [-0.15, -0.1) is 0 Å².